The maximum Gasteiger partial charge on any atom is 0.244 e. The van der Waals surface area contributed by atoms with Gasteiger partial charge in [-0.3, -0.25) is 0 Å². The third-order valence-corrected chi connectivity index (χ3v) is 6.49. The molecule has 1 aliphatic rings. The fourth-order valence-corrected chi connectivity index (χ4v) is 4.46. The Morgan fingerprint density at radius 2 is 2.00 bits per heavy atom. The molecular formula is C16H17FN2O3S2. The summed E-state index contributed by atoms with van der Waals surface area (Å²) in [5.41, 5.74) is 0.854. The van der Waals surface area contributed by atoms with Gasteiger partial charge in [0.1, 0.15) is 10.7 Å². The van der Waals surface area contributed by atoms with Crippen LogP contribution in [0.25, 0.3) is 0 Å². The van der Waals surface area contributed by atoms with Gasteiger partial charge in [0.05, 0.1) is 18.2 Å². The minimum atomic E-state index is -3.52. The Morgan fingerprint density at radius 1 is 1.21 bits per heavy atom. The number of benzene rings is 1. The highest BCUT2D eigenvalue weighted by Gasteiger charge is 2.26. The van der Waals surface area contributed by atoms with Gasteiger partial charge in [0, 0.05) is 25.0 Å². The van der Waals surface area contributed by atoms with Crippen LogP contribution < -0.4 is 0 Å². The molecule has 0 spiro atoms. The van der Waals surface area contributed by atoms with Crippen molar-refractivity contribution < 1.29 is 17.5 Å². The Hall–Kier alpha value is -1.48. The van der Waals surface area contributed by atoms with Gasteiger partial charge in [-0.2, -0.15) is 4.31 Å². The highest BCUT2D eigenvalue weighted by Crippen LogP contribution is 2.23. The summed E-state index contributed by atoms with van der Waals surface area (Å²) >= 11 is 1.43. The summed E-state index contributed by atoms with van der Waals surface area (Å²) in [6.07, 6.45) is 1.37. The summed E-state index contributed by atoms with van der Waals surface area (Å²) in [6.45, 7) is 1.54. The molecule has 5 nitrogen and oxygen atoms in total. The van der Waals surface area contributed by atoms with Crippen LogP contribution in [0.1, 0.15) is 5.56 Å². The molecule has 2 heterocycles. The van der Waals surface area contributed by atoms with Crippen molar-refractivity contribution in [2.24, 2.45) is 0 Å². The fourth-order valence-electron chi connectivity index (χ4n) is 2.32. The molecule has 1 aromatic carbocycles. The minimum absolute atomic E-state index is 0.180. The Morgan fingerprint density at radius 3 is 2.67 bits per heavy atom. The highest BCUT2D eigenvalue weighted by atomic mass is 32.2. The van der Waals surface area contributed by atoms with Crippen LogP contribution in [0.5, 0.6) is 0 Å². The zero-order chi connectivity index (χ0) is 17.0. The summed E-state index contributed by atoms with van der Waals surface area (Å²) in [5, 5.41) is 0.695. The van der Waals surface area contributed by atoms with Gasteiger partial charge >= 0.3 is 0 Å². The number of morpholine rings is 1. The zero-order valence-electron chi connectivity index (χ0n) is 12.9. The van der Waals surface area contributed by atoms with Crippen molar-refractivity contribution >= 4 is 21.8 Å². The quantitative estimate of drug-likeness (QED) is 0.759. The molecule has 1 aliphatic heterocycles. The summed E-state index contributed by atoms with van der Waals surface area (Å²) in [7, 11) is -3.52. The van der Waals surface area contributed by atoms with E-state index in [0.717, 1.165) is 5.56 Å². The van der Waals surface area contributed by atoms with E-state index in [4.69, 9.17) is 4.74 Å². The van der Waals surface area contributed by atoms with E-state index in [-0.39, 0.29) is 10.7 Å². The molecule has 0 atom stereocenters. The zero-order valence-corrected chi connectivity index (χ0v) is 14.5. The van der Waals surface area contributed by atoms with E-state index < -0.39 is 10.0 Å². The first-order chi connectivity index (χ1) is 11.6. The molecule has 0 bridgehead atoms. The Labute approximate surface area is 144 Å². The van der Waals surface area contributed by atoms with Gasteiger partial charge in [0.15, 0.2) is 0 Å². The summed E-state index contributed by atoms with van der Waals surface area (Å²) in [4.78, 5) is 4.39. The molecular weight excluding hydrogens is 351 g/mol. The lowest BCUT2D eigenvalue weighted by molar-refractivity contribution is 0.0730. The molecule has 0 N–H and O–H groups in total. The smallest absolute Gasteiger partial charge is 0.244 e. The van der Waals surface area contributed by atoms with Crippen molar-refractivity contribution in [2.75, 3.05) is 26.3 Å². The van der Waals surface area contributed by atoms with E-state index in [0.29, 0.717) is 37.1 Å². The number of thioether (sulfide) groups is 1. The van der Waals surface area contributed by atoms with Crippen molar-refractivity contribution in [1.82, 2.24) is 9.29 Å². The normalized spacial score (nSPS) is 16.2. The van der Waals surface area contributed by atoms with Crippen molar-refractivity contribution in [3.05, 3.63) is 54.0 Å². The van der Waals surface area contributed by atoms with Gasteiger partial charge in [-0.05, 0) is 29.8 Å². The Bertz CT molecular complexity index is 791. The van der Waals surface area contributed by atoms with Crippen LogP contribution in [0.2, 0.25) is 0 Å². The molecule has 1 aromatic heterocycles. The predicted molar refractivity (Wildman–Crippen MR) is 89.8 cm³/mol. The van der Waals surface area contributed by atoms with Gasteiger partial charge in [-0.1, -0.05) is 12.1 Å². The number of hydrogen-bond donors (Lipinski definition) is 0. The maximum atomic E-state index is 13.1. The first kappa shape index (κ1) is 17.3. The molecule has 3 rings (SSSR count). The summed E-state index contributed by atoms with van der Waals surface area (Å²) in [5.74, 6) is 0.299. The highest BCUT2D eigenvalue weighted by molar-refractivity contribution is 7.98. The van der Waals surface area contributed by atoms with E-state index in [2.05, 4.69) is 4.98 Å². The number of sulfonamides is 1. The topological polar surface area (TPSA) is 59.5 Å². The van der Waals surface area contributed by atoms with Crippen LogP contribution in [0.4, 0.5) is 4.39 Å². The molecule has 1 saturated heterocycles. The van der Waals surface area contributed by atoms with E-state index >= 15 is 0 Å². The Balaban J connectivity index is 1.66. The average Bonchev–Trinajstić information content (AvgIpc) is 2.61. The Kier molecular flexibility index (Phi) is 5.50. The molecule has 0 saturated carbocycles. The predicted octanol–water partition coefficient (Wildman–Crippen LogP) is 2.53. The van der Waals surface area contributed by atoms with Crippen LogP contribution in [0.15, 0.2) is 52.5 Å². The molecule has 128 valence electrons. The number of nitrogens with zero attached hydrogens (tertiary/aromatic N) is 2. The van der Waals surface area contributed by atoms with Gasteiger partial charge < -0.3 is 4.74 Å². The van der Waals surface area contributed by atoms with Crippen molar-refractivity contribution in [1.29, 1.82) is 0 Å². The molecule has 0 radical (unpaired) electrons. The summed E-state index contributed by atoms with van der Waals surface area (Å²) in [6, 6.07) is 9.62. The van der Waals surface area contributed by atoms with Crippen LogP contribution in [-0.4, -0.2) is 44.0 Å². The molecule has 2 aromatic rings. The lowest BCUT2D eigenvalue weighted by Gasteiger charge is -2.25. The van der Waals surface area contributed by atoms with Crippen molar-refractivity contribution in [2.45, 2.75) is 15.7 Å². The number of aromatic nitrogens is 1. The number of halogens is 1. The SMILES string of the molecule is O=S(=O)(c1ccc(SCc2cccc(F)c2)nc1)N1CCOCC1. The van der Waals surface area contributed by atoms with Crippen LogP contribution in [0.3, 0.4) is 0 Å². The van der Waals surface area contributed by atoms with E-state index in [1.165, 1.54) is 34.4 Å². The number of rotatable bonds is 5. The van der Waals surface area contributed by atoms with Crippen molar-refractivity contribution in [3.63, 3.8) is 0 Å². The average molecular weight is 368 g/mol. The first-order valence-corrected chi connectivity index (χ1v) is 9.89. The number of pyridine rings is 1. The van der Waals surface area contributed by atoms with E-state index in [1.54, 1.807) is 18.2 Å². The fraction of sp³-hybridized carbons (Fsp3) is 0.312. The minimum Gasteiger partial charge on any atom is -0.379 e. The van der Waals surface area contributed by atoms with Crippen molar-refractivity contribution in [3.8, 4) is 0 Å². The van der Waals surface area contributed by atoms with Crippen LogP contribution in [0, 0.1) is 5.82 Å². The second-order valence-corrected chi connectivity index (χ2v) is 8.20. The third kappa shape index (κ3) is 4.13. The van der Waals surface area contributed by atoms with Gasteiger partial charge in [-0.25, -0.2) is 17.8 Å². The molecule has 0 unspecified atom stereocenters. The molecule has 8 heteroatoms. The molecule has 0 aliphatic carbocycles. The lowest BCUT2D eigenvalue weighted by atomic mass is 10.2. The van der Waals surface area contributed by atoms with Gasteiger partial charge in [0.25, 0.3) is 0 Å². The number of ether oxygens (including phenoxy) is 1. The lowest BCUT2D eigenvalue weighted by Crippen LogP contribution is -2.40. The monoisotopic (exact) mass is 368 g/mol. The number of hydrogen-bond acceptors (Lipinski definition) is 5. The third-order valence-electron chi connectivity index (χ3n) is 3.59. The first-order valence-electron chi connectivity index (χ1n) is 7.47. The second-order valence-electron chi connectivity index (χ2n) is 5.27. The standard InChI is InChI=1S/C16H17FN2O3S2/c17-14-3-1-2-13(10-14)12-23-16-5-4-15(11-18-16)24(20,21)19-6-8-22-9-7-19/h1-5,10-11H,6-9,12H2. The largest absolute Gasteiger partial charge is 0.379 e. The van der Waals surface area contributed by atoms with E-state index in [1.807, 2.05) is 6.07 Å². The summed E-state index contributed by atoms with van der Waals surface area (Å²) < 4.78 is 44.7. The molecule has 1 fully saturated rings. The van der Waals surface area contributed by atoms with E-state index in [9.17, 15) is 12.8 Å². The van der Waals surface area contributed by atoms with Crippen LogP contribution >= 0.6 is 11.8 Å². The molecule has 0 amide bonds. The van der Waals surface area contributed by atoms with Gasteiger partial charge in [-0.15, -0.1) is 11.8 Å². The second kappa shape index (κ2) is 7.60. The van der Waals surface area contributed by atoms with Gasteiger partial charge in [0.2, 0.25) is 10.0 Å². The molecule has 24 heavy (non-hydrogen) atoms. The van der Waals surface area contributed by atoms with Crippen LogP contribution in [-0.2, 0) is 20.5 Å². The maximum absolute atomic E-state index is 13.1.